The molecule has 0 fully saturated rings. The molecule has 0 radical (unpaired) electrons. The van der Waals surface area contributed by atoms with E-state index >= 15 is 0 Å². The van der Waals surface area contributed by atoms with Crippen molar-refractivity contribution in [1.29, 1.82) is 0 Å². The van der Waals surface area contributed by atoms with Crippen LogP contribution in [-0.2, 0) is 10.2 Å². The first-order valence-corrected chi connectivity index (χ1v) is 12.7. The van der Waals surface area contributed by atoms with Gasteiger partial charge in [-0.15, -0.1) is 10.2 Å². The second-order valence-corrected chi connectivity index (χ2v) is 10.3. The van der Waals surface area contributed by atoms with Crippen LogP contribution in [0.1, 0.15) is 31.9 Å². The molecule has 0 aliphatic carbocycles. The third kappa shape index (κ3) is 6.37. The summed E-state index contributed by atoms with van der Waals surface area (Å²) in [6.07, 6.45) is 1.40. The highest BCUT2D eigenvalue weighted by molar-refractivity contribution is 7.99. The Bertz CT molecular complexity index is 1390. The van der Waals surface area contributed by atoms with Crippen molar-refractivity contribution >= 4 is 23.9 Å². The summed E-state index contributed by atoms with van der Waals surface area (Å²) in [6.45, 7) is 6.52. The number of hydrogen-bond donors (Lipinski definition) is 2. The first kappa shape index (κ1) is 26.0. The number of nitrogens with zero attached hydrogens (tertiary/aromatic N) is 4. The number of hydrazone groups is 1. The topological polar surface area (TPSA) is 102 Å². The van der Waals surface area contributed by atoms with Crippen molar-refractivity contribution in [3.8, 4) is 28.6 Å². The van der Waals surface area contributed by atoms with Gasteiger partial charge >= 0.3 is 0 Å². The maximum atomic E-state index is 12.4. The van der Waals surface area contributed by atoms with Crippen molar-refractivity contribution < 1.29 is 14.6 Å². The van der Waals surface area contributed by atoms with Gasteiger partial charge in [0.1, 0.15) is 11.5 Å². The van der Waals surface area contributed by atoms with Gasteiger partial charge in [0.25, 0.3) is 5.91 Å². The summed E-state index contributed by atoms with van der Waals surface area (Å²) in [6, 6.07) is 22.6. The molecule has 9 heteroatoms. The van der Waals surface area contributed by atoms with Gasteiger partial charge < -0.3 is 9.84 Å². The number of aromatic hydroxyl groups is 1. The average molecular weight is 516 g/mol. The normalized spacial score (nSPS) is 11.6. The largest absolute Gasteiger partial charge is 0.507 e. The maximum Gasteiger partial charge on any atom is 0.250 e. The Balaban J connectivity index is 1.56. The van der Waals surface area contributed by atoms with E-state index in [0.29, 0.717) is 16.5 Å². The van der Waals surface area contributed by atoms with E-state index in [4.69, 9.17) is 4.74 Å². The van der Waals surface area contributed by atoms with Gasteiger partial charge in [-0.2, -0.15) is 5.10 Å². The standard InChI is InChI=1S/C28H29N5O3S/c1-28(2,3)21-11-9-19(10-12-21)26-31-32-27(33(26)22-13-15-23(36-4)16-14-22)37-18-25(35)30-29-17-20-7-5-6-8-24(20)34/h5-17,34H,18H2,1-4H3,(H,30,35). The molecule has 0 unspecified atom stereocenters. The number of rotatable bonds is 8. The highest BCUT2D eigenvalue weighted by Crippen LogP contribution is 2.30. The summed E-state index contributed by atoms with van der Waals surface area (Å²) in [7, 11) is 1.62. The molecule has 2 N–H and O–H groups in total. The van der Waals surface area contributed by atoms with Crippen LogP contribution in [0.3, 0.4) is 0 Å². The fourth-order valence-corrected chi connectivity index (χ4v) is 4.31. The second-order valence-electron chi connectivity index (χ2n) is 9.31. The molecule has 0 bridgehead atoms. The van der Waals surface area contributed by atoms with E-state index in [1.807, 2.05) is 41.0 Å². The summed E-state index contributed by atoms with van der Waals surface area (Å²) in [5.41, 5.74) is 6.03. The van der Waals surface area contributed by atoms with Crippen LogP contribution in [0.15, 0.2) is 83.1 Å². The van der Waals surface area contributed by atoms with Crippen molar-refractivity contribution in [2.75, 3.05) is 12.9 Å². The molecule has 1 aromatic heterocycles. The van der Waals surface area contributed by atoms with Crippen LogP contribution in [0.5, 0.6) is 11.5 Å². The zero-order valence-corrected chi connectivity index (χ0v) is 22.0. The van der Waals surface area contributed by atoms with Crippen LogP contribution in [0, 0.1) is 0 Å². The number of carbonyl (C=O) groups excluding carboxylic acids is 1. The summed E-state index contributed by atoms with van der Waals surface area (Å²) in [5.74, 6) is 1.27. The number of aromatic nitrogens is 3. The van der Waals surface area contributed by atoms with E-state index in [0.717, 1.165) is 17.0 Å². The van der Waals surface area contributed by atoms with Crippen LogP contribution >= 0.6 is 11.8 Å². The van der Waals surface area contributed by atoms with Crippen molar-refractivity contribution in [3.05, 3.63) is 83.9 Å². The molecular weight excluding hydrogens is 486 g/mol. The number of benzene rings is 3. The molecule has 1 heterocycles. The van der Waals surface area contributed by atoms with Gasteiger partial charge in [0.2, 0.25) is 0 Å². The molecular formula is C28H29N5O3S. The Hall–Kier alpha value is -4.11. The highest BCUT2D eigenvalue weighted by atomic mass is 32.2. The number of methoxy groups -OCH3 is 1. The average Bonchev–Trinajstić information content (AvgIpc) is 3.32. The summed E-state index contributed by atoms with van der Waals surface area (Å²) in [5, 5.41) is 23.2. The number of hydrogen-bond acceptors (Lipinski definition) is 7. The predicted octanol–water partition coefficient (Wildman–Crippen LogP) is 5.19. The van der Waals surface area contributed by atoms with Crippen LogP contribution < -0.4 is 10.2 Å². The fraction of sp³-hybridized carbons (Fsp3) is 0.214. The third-order valence-corrected chi connectivity index (χ3v) is 6.56. The lowest BCUT2D eigenvalue weighted by Crippen LogP contribution is -2.20. The molecule has 0 aliphatic heterocycles. The number of phenols is 1. The number of thioether (sulfide) groups is 1. The lowest BCUT2D eigenvalue weighted by Gasteiger charge is -2.19. The van der Waals surface area contributed by atoms with Crippen molar-refractivity contribution in [3.63, 3.8) is 0 Å². The molecule has 0 saturated heterocycles. The first-order chi connectivity index (χ1) is 17.8. The molecule has 8 nitrogen and oxygen atoms in total. The van der Waals surface area contributed by atoms with Crippen LogP contribution in [-0.4, -0.2) is 44.9 Å². The number of phenolic OH excluding ortho intramolecular Hbond substituents is 1. The lowest BCUT2D eigenvalue weighted by molar-refractivity contribution is -0.118. The quantitative estimate of drug-likeness (QED) is 0.190. The van der Waals surface area contributed by atoms with Gasteiger partial charge in [-0.05, 0) is 47.4 Å². The van der Waals surface area contributed by atoms with E-state index in [-0.39, 0.29) is 22.8 Å². The van der Waals surface area contributed by atoms with E-state index in [2.05, 4.69) is 53.6 Å². The number of carbonyl (C=O) groups is 1. The Morgan fingerprint density at radius 1 is 1.05 bits per heavy atom. The van der Waals surface area contributed by atoms with Gasteiger partial charge in [-0.3, -0.25) is 9.36 Å². The Kier molecular flexibility index (Phi) is 7.93. The minimum atomic E-state index is -0.308. The molecule has 4 rings (SSSR count). The summed E-state index contributed by atoms with van der Waals surface area (Å²) in [4.78, 5) is 12.4. The maximum absolute atomic E-state index is 12.4. The fourth-order valence-electron chi connectivity index (χ4n) is 3.57. The Labute approximate surface area is 220 Å². The van der Waals surface area contributed by atoms with Gasteiger partial charge in [0.05, 0.1) is 19.1 Å². The summed E-state index contributed by atoms with van der Waals surface area (Å²) >= 11 is 1.26. The SMILES string of the molecule is COc1ccc(-n2c(SCC(=O)NN=Cc3ccccc3O)nnc2-c2ccc(C(C)(C)C)cc2)cc1. The van der Waals surface area contributed by atoms with Crippen molar-refractivity contribution in [2.45, 2.75) is 31.3 Å². The molecule has 3 aromatic carbocycles. The van der Waals surface area contributed by atoms with Gasteiger partial charge in [0.15, 0.2) is 11.0 Å². The highest BCUT2D eigenvalue weighted by Gasteiger charge is 2.19. The van der Waals surface area contributed by atoms with Crippen LogP contribution in [0.2, 0.25) is 0 Å². The van der Waals surface area contributed by atoms with Gasteiger partial charge in [-0.1, -0.05) is 68.9 Å². The molecule has 4 aromatic rings. The number of nitrogens with one attached hydrogen (secondary N) is 1. The van der Waals surface area contributed by atoms with Crippen molar-refractivity contribution in [1.82, 2.24) is 20.2 Å². The molecule has 0 aliphatic rings. The Morgan fingerprint density at radius 3 is 2.41 bits per heavy atom. The van der Waals surface area contributed by atoms with Crippen molar-refractivity contribution in [2.24, 2.45) is 5.10 Å². The van der Waals surface area contributed by atoms with Crippen LogP contribution in [0.25, 0.3) is 17.1 Å². The minimum absolute atomic E-state index is 0.0400. The molecule has 37 heavy (non-hydrogen) atoms. The number of para-hydroxylation sites is 1. The minimum Gasteiger partial charge on any atom is -0.507 e. The van der Waals surface area contributed by atoms with Crippen LogP contribution in [0.4, 0.5) is 0 Å². The molecule has 190 valence electrons. The van der Waals surface area contributed by atoms with Gasteiger partial charge in [0, 0.05) is 16.8 Å². The molecule has 0 saturated carbocycles. The predicted molar refractivity (Wildman–Crippen MR) is 147 cm³/mol. The summed E-state index contributed by atoms with van der Waals surface area (Å²) < 4.78 is 7.23. The van der Waals surface area contributed by atoms with E-state index in [1.54, 1.807) is 31.4 Å². The Morgan fingerprint density at radius 2 is 1.76 bits per heavy atom. The van der Waals surface area contributed by atoms with Gasteiger partial charge in [-0.25, -0.2) is 5.43 Å². The zero-order valence-electron chi connectivity index (χ0n) is 21.2. The van der Waals surface area contributed by atoms with E-state index < -0.39 is 0 Å². The smallest absolute Gasteiger partial charge is 0.250 e. The number of amides is 1. The lowest BCUT2D eigenvalue weighted by atomic mass is 9.87. The molecule has 0 spiro atoms. The van der Waals surface area contributed by atoms with E-state index in [9.17, 15) is 9.90 Å². The second kappa shape index (κ2) is 11.3. The zero-order chi connectivity index (χ0) is 26.4. The number of ether oxygens (including phenoxy) is 1. The monoisotopic (exact) mass is 515 g/mol. The molecule has 1 amide bonds. The van der Waals surface area contributed by atoms with E-state index in [1.165, 1.54) is 23.5 Å². The molecule has 0 atom stereocenters. The first-order valence-electron chi connectivity index (χ1n) is 11.7. The third-order valence-electron chi connectivity index (χ3n) is 5.64.